The van der Waals surface area contributed by atoms with E-state index in [9.17, 15) is 9.90 Å². The highest BCUT2D eigenvalue weighted by Crippen LogP contribution is 2.24. The fourth-order valence-electron chi connectivity index (χ4n) is 2.85. The second kappa shape index (κ2) is 5.75. The van der Waals surface area contributed by atoms with Crippen molar-refractivity contribution in [2.75, 3.05) is 33.2 Å². The predicted molar refractivity (Wildman–Crippen MR) is 83.1 cm³/mol. The van der Waals surface area contributed by atoms with Gasteiger partial charge in [0.25, 0.3) is 0 Å². The molecule has 1 aromatic carbocycles. The van der Waals surface area contributed by atoms with E-state index in [1.54, 1.807) is 12.1 Å². The van der Waals surface area contributed by atoms with E-state index in [1.807, 2.05) is 18.2 Å². The number of carbonyl (C=O) groups is 1. The van der Waals surface area contributed by atoms with Crippen molar-refractivity contribution in [3.05, 3.63) is 35.9 Å². The Labute approximate surface area is 126 Å². The number of hydrogen-bond donors (Lipinski definition) is 2. The van der Waals surface area contributed by atoms with Gasteiger partial charge in [-0.3, -0.25) is 9.80 Å². The highest BCUT2D eigenvalue weighted by atomic mass is 16.4. The van der Waals surface area contributed by atoms with Crippen molar-refractivity contribution in [1.82, 2.24) is 9.80 Å². The van der Waals surface area contributed by atoms with Crippen LogP contribution in [0.25, 0.3) is 0 Å². The average Bonchev–Trinajstić information content (AvgIpc) is 2.43. The number of likely N-dealkylation sites (N-methyl/N-ethyl adjacent to an activating group) is 1. The van der Waals surface area contributed by atoms with Crippen molar-refractivity contribution in [1.29, 1.82) is 0 Å². The smallest absolute Gasteiger partial charge is 0.329 e. The van der Waals surface area contributed by atoms with E-state index >= 15 is 0 Å². The minimum absolute atomic E-state index is 0.0222. The lowest BCUT2D eigenvalue weighted by Gasteiger charge is -2.47. The molecule has 1 unspecified atom stereocenters. The highest BCUT2D eigenvalue weighted by Gasteiger charge is 2.40. The third kappa shape index (κ3) is 3.26. The average molecular weight is 291 g/mol. The largest absolute Gasteiger partial charge is 0.480 e. The van der Waals surface area contributed by atoms with Gasteiger partial charge in [-0.05, 0) is 26.5 Å². The van der Waals surface area contributed by atoms with Crippen LogP contribution in [0.2, 0.25) is 0 Å². The normalized spacial score (nSPS) is 22.7. The first-order chi connectivity index (χ1) is 9.75. The van der Waals surface area contributed by atoms with Crippen LogP contribution >= 0.6 is 0 Å². The zero-order valence-corrected chi connectivity index (χ0v) is 13.0. The summed E-state index contributed by atoms with van der Waals surface area (Å²) < 4.78 is 0. The van der Waals surface area contributed by atoms with Crippen molar-refractivity contribution in [2.24, 2.45) is 5.73 Å². The van der Waals surface area contributed by atoms with E-state index in [4.69, 9.17) is 5.73 Å². The lowest BCUT2D eigenvalue weighted by Crippen LogP contribution is -2.62. The lowest BCUT2D eigenvalue weighted by molar-refractivity contribution is -0.145. The van der Waals surface area contributed by atoms with Crippen molar-refractivity contribution in [3.8, 4) is 0 Å². The van der Waals surface area contributed by atoms with Gasteiger partial charge in [0.2, 0.25) is 0 Å². The van der Waals surface area contributed by atoms with Crippen LogP contribution in [0.3, 0.4) is 0 Å². The summed E-state index contributed by atoms with van der Waals surface area (Å²) in [4.78, 5) is 16.2. The molecule has 21 heavy (non-hydrogen) atoms. The van der Waals surface area contributed by atoms with E-state index in [0.29, 0.717) is 12.1 Å². The third-order valence-corrected chi connectivity index (χ3v) is 4.54. The number of piperazine rings is 1. The number of benzene rings is 1. The van der Waals surface area contributed by atoms with Crippen LogP contribution in [0.5, 0.6) is 0 Å². The number of carboxylic acids is 1. The quantitative estimate of drug-likeness (QED) is 0.864. The Hall–Kier alpha value is -1.43. The van der Waals surface area contributed by atoms with Gasteiger partial charge < -0.3 is 10.8 Å². The summed E-state index contributed by atoms with van der Waals surface area (Å²) in [6.07, 6.45) is 0. The zero-order valence-electron chi connectivity index (χ0n) is 13.0. The summed E-state index contributed by atoms with van der Waals surface area (Å²) in [5, 5.41) is 9.64. The second-order valence-electron chi connectivity index (χ2n) is 6.59. The molecule has 0 spiro atoms. The van der Waals surface area contributed by atoms with Gasteiger partial charge in [-0.2, -0.15) is 0 Å². The maximum absolute atomic E-state index is 11.8. The maximum Gasteiger partial charge on any atom is 0.329 e. The molecule has 3 N–H and O–H groups in total. The van der Waals surface area contributed by atoms with Crippen LogP contribution in [0, 0.1) is 0 Å². The number of nitrogens with zero attached hydrogens (tertiary/aromatic N) is 2. The molecule has 0 radical (unpaired) electrons. The standard InChI is InChI=1S/C16H25N3O2/c1-15(2)11-19(10-9-18(15)3)12-16(17,14(20)21)13-7-5-4-6-8-13/h4-8H,9-12,17H2,1-3H3,(H,20,21). The minimum Gasteiger partial charge on any atom is -0.480 e. The van der Waals surface area contributed by atoms with E-state index in [1.165, 1.54) is 0 Å². The van der Waals surface area contributed by atoms with Crippen molar-refractivity contribution >= 4 is 5.97 Å². The van der Waals surface area contributed by atoms with E-state index in [0.717, 1.165) is 19.6 Å². The summed E-state index contributed by atoms with van der Waals surface area (Å²) >= 11 is 0. The van der Waals surface area contributed by atoms with Gasteiger partial charge in [0.1, 0.15) is 0 Å². The van der Waals surface area contributed by atoms with Gasteiger partial charge in [0.15, 0.2) is 5.54 Å². The predicted octanol–water partition coefficient (Wildman–Crippen LogP) is 0.951. The van der Waals surface area contributed by atoms with E-state index in [-0.39, 0.29) is 5.54 Å². The van der Waals surface area contributed by atoms with Crippen LogP contribution in [0.15, 0.2) is 30.3 Å². The summed E-state index contributed by atoms with van der Waals surface area (Å²) in [6, 6.07) is 9.09. The molecule has 1 heterocycles. The number of carboxylic acid groups (broad SMARTS) is 1. The van der Waals surface area contributed by atoms with Gasteiger partial charge in [0.05, 0.1) is 0 Å². The Morgan fingerprint density at radius 1 is 1.33 bits per heavy atom. The second-order valence-corrected chi connectivity index (χ2v) is 6.59. The van der Waals surface area contributed by atoms with Crippen LogP contribution in [-0.4, -0.2) is 59.6 Å². The molecule has 1 fully saturated rings. The summed E-state index contributed by atoms with van der Waals surface area (Å²) in [5.41, 5.74) is 5.56. The van der Waals surface area contributed by atoms with Gasteiger partial charge in [-0.25, -0.2) is 4.79 Å². The van der Waals surface area contributed by atoms with Crippen LogP contribution in [-0.2, 0) is 10.3 Å². The lowest BCUT2D eigenvalue weighted by atomic mass is 9.89. The molecule has 5 nitrogen and oxygen atoms in total. The molecule has 1 aliphatic heterocycles. The molecule has 1 aliphatic rings. The Morgan fingerprint density at radius 2 is 1.95 bits per heavy atom. The Balaban J connectivity index is 2.20. The molecule has 0 saturated carbocycles. The molecule has 1 atom stereocenters. The molecule has 5 heteroatoms. The Kier molecular flexibility index (Phi) is 4.37. The van der Waals surface area contributed by atoms with Gasteiger partial charge in [-0.15, -0.1) is 0 Å². The minimum atomic E-state index is -1.37. The highest BCUT2D eigenvalue weighted by molar-refractivity contribution is 5.80. The Morgan fingerprint density at radius 3 is 2.48 bits per heavy atom. The fraction of sp³-hybridized carbons (Fsp3) is 0.562. The first kappa shape index (κ1) is 15.9. The molecule has 116 valence electrons. The van der Waals surface area contributed by atoms with Gasteiger partial charge in [0, 0.05) is 31.7 Å². The van der Waals surface area contributed by atoms with Crippen LogP contribution in [0.1, 0.15) is 19.4 Å². The zero-order chi connectivity index (χ0) is 15.7. The number of rotatable bonds is 4. The molecule has 0 amide bonds. The first-order valence-electron chi connectivity index (χ1n) is 7.27. The maximum atomic E-state index is 11.8. The fourth-order valence-corrected chi connectivity index (χ4v) is 2.85. The third-order valence-electron chi connectivity index (χ3n) is 4.54. The van der Waals surface area contributed by atoms with Gasteiger partial charge >= 0.3 is 5.97 Å². The SMILES string of the molecule is CN1CCN(CC(N)(C(=O)O)c2ccccc2)CC1(C)C. The van der Waals surface area contributed by atoms with Crippen LogP contribution < -0.4 is 5.73 Å². The van der Waals surface area contributed by atoms with E-state index in [2.05, 4.69) is 30.7 Å². The molecule has 0 aliphatic carbocycles. The van der Waals surface area contributed by atoms with Crippen molar-refractivity contribution in [3.63, 3.8) is 0 Å². The number of nitrogens with two attached hydrogens (primary N) is 1. The van der Waals surface area contributed by atoms with Crippen molar-refractivity contribution in [2.45, 2.75) is 24.9 Å². The summed E-state index contributed by atoms with van der Waals surface area (Å²) in [5.74, 6) is -0.981. The molecule has 0 aromatic heterocycles. The summed E-state index contributed by atoms with van der Waals surface area (Å²) in [7, 11) is 2.10. The monoisotopic (exact) mass is 291 g/mol. The van der Waals surface area contributed by atoms with Gasteiger partial charge in [-0.1, -0.05) is 30.3 Å². The molecule has 2 rings (SSSR count). The first-order valence-corrected chi connectivity index (χ1v) is 7.27. The topological polar surface area (TPSA) is 69.8 Å². The molecular weight excluding hydrogens is 266 g/mol. The molecule has 0 bridgehead atoms. The number of hydrogen-bond acceptors (Lipinski definition) is 4. The Bertz CT molecular complexity index is 504. The van der Waals surface area contributed by atoms with Crippen LogP contribution in [0.4, 0.5) is 0 Å². The molecule has 1 aromatic rings. The molecule has 1 saturated heterocycles. The van der Waals surface area contributed by atoms with Crippen molar-refractivity contribution < 1.29 is 9.90 Å². The number of aliphatic carboxylic acids is 1. The van der Waals surface area contributed by atoms with E-state index < -0.39 is 11.5 Å². The summed E-state index contributed by atoms with van der Waals surface area (Å²) in [6.45, 7) is 7.21. The molecular formula is C16H25N3O2.